The van der Waals surface area contributed by atoms with Crippen molar-refractivity contribution in [3.05, 3.63) is 30.1 Å². The molecule has 1 fully saturated rings. The molecule has 1 aromatic heterocycles. The smallest absolute Gasteiger partial charge is 0.220 e. The Balaban J connectivity index is 1.69. The van der Waals surface area contributed by atoms with Gasteiger partial charge in [0.05, 0.1) is 0 Å². The Kier molecular flexibility index (Phi) is 4.70. The van der Waals surface area contributed by atoms with E-state index in [0.717, 1.165) is 37.7 Å². The number of aromatic nitrogens is 1. The molecule has 0 radical (unpaired) electrons. The van der Waals surface area contributed by atoms with E-state index in [0.29, 0.717) is 18.5 Å². The van der Waals surface area contributed by atoms with Crippen LogP contribution in [0.5, 0.6) is 0 Å². The van der Waals surface area contributed by atoms with Crippen LogP contribution in [-0.4, -0.2) is 23.0 Å². The van der Waals surface area contributed by atoms with E-state index in [1.165, 1.54) is 0 Å². The van der Waals surface area contributed by atoms with Gasteiger partial charge in [0.1, 0.15) is 0 Å². The van der Waals surface area contributed by atoms with Crippen LogP contribution in [-0.2, 0) is 11.2 Å². The molecule has 18 heavy (non-hydrogen) atoms. The molecule has 0 atom stereocenters. The van der Waals surface area contributed by atoms with Crippen LogP contribution in [0.15, 0.2) is 24.5 Å². The lowest BCUT2D eigenvalue weighted by molar-refractivity contribution is -0.122. The number of hydrogen-bond donors (Lipinski definition) is 2. The summed E-state index contributed by atoms with van der Waals surface area (Å²) >= 11 is 0. The first-order valence-electron chi connectivity index (χ1n) is 6.68. The Morgan fingerprint density at radius 1 is 1.39 bits per heavy atom. The van der Waals surface area contributed by atoms with Gasteiger partial charge in [-0.15, -0.1) is 0 Å². The summed E-state index contributed by atoms with van der Waals surface area (Å²) in [5.41, 5.74) is 6.95. The van der Waals surface area contributed by atoms with Gasteiger partial charge >= 0.3 is 0 Å². The Labute approximate surface area is 108 Å². The van der Waals surface area contributed by atoms with Crippen LogP contribution in [0, 0.1) is 0 Å². The molecule has 4 heteroatoms. The van der Waals surface area contributed by atoms with Crippen LogP contribution in [0.3, 0.4) is 0 Å². The predicted octanol–water partition coefficient (Wildman–Crippen LogP) is 1.40. The molecule has 0 unspecified atom stereocenters. The maximum Gasteiger partial charge on any atom is 0.220 e. The van der Waals surface area contributed by atoms with Gasteiger partial charge in [-0.25, -0.2) is 0 Å². The molecule has 0 spiro atoms. The van der Waals surface area contributed by atoms with Crippen molar-refractivity contribution in [3.8, 4) is 0 Å². The number of aryl methyl sites for hydroxylation is 1. The summed E-state index contributed by atoms with van der Waals surface area (Å²) in [5.74, 6) is 0.138. The third-order valence-electron chi connectivity index (χ3n) is 3.50. The van der Waals surface area contributed by atoms with Crippen LogP contribution >= 0.6 is 0 Å². The summed E-state index contributed by atoms with van der Waals surface area (Å²) in [5, 5.41) is 3.09. The summed E-state index contributed by atoms with van der Waals surface area (Å²) in [4.78, 5) is 15.8. The van der Waals surface area contributed by atoms with Crippen molar-refractivity contribution in [1.82, 2.24) is 10.3 Å². The number of rotatable bonds is 4. The molecule has 98 valence electrons. The van der Waals surface area contributed by atoms with Crippen molar-refractivity contribution in [2.24, 2.45) is 5.73 Å². The third-order valence-corrected chi connectivity index (χ3v) is 3.50. The molecule has 1 aliphatic rings. The highest BCUT2D eigenvalue weighted by Crippen LogP contribution is 2.17. The number of nitrogens with zero attached hydrogens (tertiary/aromatic N) is 1. The fourth-order valence-corrected chi connectivity index (χ4v) is 2.37. The van der Waals surface area contributed by atoms with Gasteiger partial charge in [-0.1, -0.05) is 6.07 Å². The van der Waals surface area contributed by atoms with E-state index in [9.17, 15) is 4.79 Å². The number of carbonyl (C=O) groups excluding carboxylic acids is 1. The first-order chi connectivity index (χ1) is 8.74. The first kappa shape index (κ1) is 13.0. The lowest BCUT2D eigenvalue weighted by atomic mass is 9.92. The highest BCUT2D eigenvalue weighted by Gasteiger charge is 2.19. The lowest BCUT2D eigenvalue weighted by Crippen LogP contribution is -2.40. The summed E-state index contributed by atoms with van der Waals surface area (Å²) < 4.78 is 0. The van der Waals surface area contributed by atoms with Gasteiger partial charge < -0.3 is 11.1 Å². The topological polar surface area (TPSA) is 68.0 Å². The Morgan fingerprint density at radius 2 is 2.17 bits per heavy atom. The molecule has 4 nitrogen and oxygen atoms in total. The van der Waals surface area contributed by atoms with E-state index < -0.39 is 0 Å². The van der Waals surface area contributed by atoms with Gasteiger partial charge in [0.25, 0.3) is 0 Å². The zero-order valence-corrected chi connectivity index (χ0v) is 10.6. The van der Waals surface area contributed by atoms with Crippen molar-refractivity contribution in [2.75, 3.05) is 0 Å². The highest BCUT2D eigenvalue weighted by atomic mass is 16.1. The zero-order valence-electron chi connectivity index (χ0n) is 10.6. The van der Waals surface area contributed by atoms with Crippen LogP contribution in [0.25, 0.3) is 0 Å². The number of nitrogens with one attached hydrogen (secondary N) is 1. The van der Waals surface area contributed by atoms with Crippen molar-refractivity contribution < 1.29 is 4.79 Å². The summed E-state index contributed by atoms with van der Waals surface area (Å²) in [6, 6.07) is 4.55. The van der Waals surface area contributed by atoms with Gasteiger partial charge in [-0.2, -0.15) is 0 Å². The van der Waals surface area contributed by atoms with E-state index >= 15 is 0 Å². The number of pyridine rings is 1. The molecule has 1 heterocycles. The molecule has 3 N–H and O–H groups in total. The Morgan fingerprint density at radius 3 is 2.83 bits per heavy atom. The molecule has 0 saturated heterocycles. The highest BCUT2D eigenvalue weighted by molar-refractivity contribution is 5.76. The van der Waals surface area contributed by atoms with Crippen molar-refractivity contribution in [2.45, 2.75) is 50.6 Å². The van der Waals surface area contributed by atoms with Crippen molar-refractivity contribution >= 4 is 5.91 Å². The van der Waals surface area contributed by atoms with Crippen molar-refractivity contribution in [1.29, 1.82) is 0 Å². The maximum absolute atomic E-state index is 11.8. The minimum atomic E-state index is 0.138. The van der Waals surface area contributed by atoms with Gasteiger partial charge in [0.15, 0.2) is 0 Å². The molecule has 0 aliphatic heterocycles. The minimum Gasteiger partial charge on any atom is -0.353 e. The van der Waals surface area contributed by atoms with E-state index in [1.807, 2.05) is 18.3 Å². The SMILES string of the molecule is NC1CCC(NC(=O)CCc2cccnc2)CC1. The van der Waals surface area contributed by atoms with Gasteiger partial charge in [-0.3, -0.25) is 9.78 Å². The summed E-state index contributed by atoms with van der Waals surface area (Å²) in [7, 11) is 0. The van der Waals surface area contributed by atoms with E-state index in [4.69, 9.17) is 5.73 Å². The number of hydrogen-bond acceptors (Lipinski definition) is 3. The van der Waals surface area contributed by atoms with Crippen LogP contribution < -0.4 is 11.1 Å². The molecular formula is C14H21N3O. The molecular weight excluding hydrogens is 226 g/mol. The monoisotopic (exact) mass is 247 g/mol. The van der Waals surface area contributed by atoms with Gasteiger partial charge in [0, 0.05) is 30.9 Å². The molecule has 1 aromatic rings. The van der Waals surface area contributed by atoms with Crippen LogP contribution in [0.4, 0.5) is 0 Å². The number of nitrogens with two attached hydrogens (primary N) is 1. The third kappa shape index (κ3) is 4.11. The second-order valence-electron chi connectivity index (χ2n) is 5.04. The maximum atomic E-state index is 11.8. The summed E-state index contributed by atoms with van der Waals surface area (Å²) in [6.07, 6.45) is 8.92. The van der Waals surface area contributed by atoms with E-state index in [2.05, 4.69) is 10.3 Å². The molecule has 1 amide bonds. The Bertz CT molecular complexity index is 372. The summed E-state index contributed by atoms with van der Waals surface area (Å²) in [6.45, 7) is 0. The number of amides is 1. The quantitative estimate of drug-likeness (QED) is 0.845. The standard InChI is InChI=1S/C14H21N3O/c15-12-4-6-13(7-5-12)17-14(18)8-3-11-2-1-9-16-10-11/h1-2,9-10,12-13H,3-8,15H2,(H,17,18). The molecule has 1 aliphatic carbocycles. The second kappa shape index (κ2) is 6.50. The van der Waals surface area contributed by atoms with Gasteiger partial charge in [-0.05, 0) is 43.7 Å². The fourth-order valence-electron chi connectivity index (χ4n) is 2.37. The normalized spacial score (nSPS) is 23.6. The molecule has 0 bridgehead atoms. The average Bonchev–Trinajstić information content (AvgIpc) is 2.40. The fraction of sp³-hybridized carbons (Fsp3) is 0.571. The van der Waals surface area contributed by atoms with E-state index in [-0.39, 0.29) is 5.91 Å². The second-order valence-corrected chi connectivity index (χ2v) is 5.04. The average molecular weight is 247 g/mol. The number of carbonyl (C=O) groups is 1. The molecule has 2 rings (SSSR count). The van der Waals surface area contributed by atoms with Crippen LogP contribution in [0.2, 0.25) is 0 Å². The lowest BCUT2D eigenvalue weighted by Gasteiger charge is -2.26. The zero-order chi connectivity index (χ0) is 12.8. The molecule has 0 aromatic carbocycles. The largest absolute Gasteiger partial charge is 0.353 e. The van der Waals surface area contributed by atoms with E-state index in [1.54, 1.807) is 6.20 Å². The van der Waals surface area contributed by atoms with Crippen molar-refractivity contribution in [3.63, 3.8) is 0 Å². The first-order valence-corrected chi connectivity index (χ1v) is 6.68. The minimum absolute atomic E-state index is 0.138. The van der Waals surface area contributed by atoms with Gasteiger partial charge in [0.2, 0.25) is 5.91 Å². The predicted molar refractivity (Wildman–Crippen MR) is 70.9 cm³/mol. The molecule has 1 saturated carbocycles. The Hall–Kier alpha value is -1.42. The van der Waals surface area contributed by atoms with Crippen LogP contribution in [0.1, 0.15) is 37.7 Å².